The summed E-state index contributed by atoms with van der Waals surface area (Å²) in [5.41, 5.74) is 0. The summed E-state index contributed by atoms with van der Waals surface area (Å²) in [5.74, 6) is -0.597. The summed E-state index contributed by atoms with van der Waals surface area (Å²) >= 11 is 0. The van der Waals surface area contributed by atoms with Crippen molar-refractivity contribution in [3.05, 3.63) is 0 Å². The van der Waals surface area contributed by atoms with Crippen LogP contribution in [0.15, 0.2) is 0 Å². The fourth-order valence-electron chi connectivity index (χ4n) is 12.5. The van der Waals surface area contributed by atoms with E-state index < -0.39 is 97.5 Å². The number of esters is 4. The van der Waals surface area contributed by atoms with Gasteiger partial charge in [-0.2, -0.15) is 0 Å². The number of rotatable bonds is 80. The number of carbonyl (C=O) groups excluding carboxylic acids is 4. The van der Waals surface area contributed by atoms with Gasteiger partial charge in [0.15, 0.2) is 12.2 Å². The van der Waals surface area contributed by atoms with Gasteiger partial charge in [-0.3, -0.25) is 37.3 Å². The third-order valence-electron chi connectivity index (χ3n) is 19.3. The van der Waals surface area contributed by atoms with Gasteiger partial charge in [0.05, 0.1) is 26.4 Å². The zero-order valence-corrected chi connectivity index (χ0v) is 67.3. The van der Waals surface area contributed by atoms with Crippen molar-refractivity contribution in [1.82, 2.24) is 0 Å². The minimum atomic E-state index is -4.96. The van der Waals surface area contributed by atoms with Crippen molar-refractivity contribution in [2.24, 2.45) is 11.8 Å². The molecule has 0 radical (unpaired) electrons. The first kappa shape index (κ1) is 98.1. The van der Waals surface area contributed by atoms with Gasteiger partial charge in [-0.25, -0.2) is 9.13 Å². The van der Waals surface area contributed by atoms with E-state index in [1.807, 2.05) is 0 Å². The summed E-state index contributed by atoms with van der Waals surface area (Å²) in [6.45, 7) is 9.61. The van der Waals surface area contributed by atoms with E-state index in [1.165, 1.54) is 244 Å². The maximum atomic E-state index is 13.1. The molecule has 17 nitrogen and oxygen atoms in total. The molecule has 0 rings (SSSR count). The third kappa shape index (κ3) is 73.0. The van der Waals surface area contributed by atoms with E-state index in [0.29, 0.717) is 25.7 Å². The van der Waals surface area contributed by atoms with Crippen LogP contribution in [-0.4, -0.2) is 96.7 Å². The lowest BCUT2D eigenvalue weighted by Crippen LogP contribution is -2.30. The summed E-state index contributed by atoms with van der Waals surface area (Å²) < 4.78 is 68.7. The van der Waals surface area contributed by atoms with Crippen molar-refractivity contribution < 1.29 is 80.2 Å². The lowest BCUT2D eigenvalue weighted by atomic mass is 9.99. The molecule has 0 aliphatic heterocycles. The summed E-state index contributed by atoms with van der Waals surface area (Å²) in [7, 11) is -9.92. The van der Waals surface area contributed by atoms with Gasteiger partial charge in [0.25, 0.3) is 0 Å². The first-order valence-corrected chi connectivity index (χ1v) is 45.0. The molecule has 0 spiro atoms. The van der Waals surface area contributed by atoms with E-state index in [9.17, 15) is 43.2 Å². The molecule has 3 unspecified atom stereocenters. The molecule has 0 aromatic heterocycles. The Balaban J connectivity index is 5.21. The molecule has 0 bridgehead atoms. The highest BCUT2D eigenvalue weighted by molar-refractivity contribution is 7.47. The number of aliphatic hydroxyl groups excluding tert-OH is 1. The summed E-state index contributed by atoms with van der Waals surface area (Å²) in [4.78, 5) is 73.0. The van der Waals surface area contributed by atoms with Crippen LogP contribution in [-0.2, 0) is 65.4 Å². The number of phosphoric ester groups is 2. The molecule has 100 heavy (non-hydrogen) atoms. The maximum Gasteiger partial charge on any atom is 0.472 e. The molecule has 594 valence electrons. The highest BCUT2D eigenvalue weighted by Crippen LogP contribution is 2.45. The molecule has 0 aromatic carbocycles. The number of aliphatic hydroxyl groups is 1. The monoisotopic (exact) mass is 1470 g/mol. The van der Waals surface area contributed by atoms with Crippen LogP contribution in [0.25, 0.3) is 0 Å². The van der Waals surface area contributed by atoms with Crippen molar-refractivity contribution in [3.8, 4) is 0 Å². The van der Waals surface area contributed by atoms with E-state index in [2.05, 4.69) is 41.5 Å². The number of unbranched alkanes of at least 4 members (excludes halogenated alkanes) is 49. The normalized spacial score (nSPS) is 14.2. The Morgan fingerprint density at radius 2 is 0.510 bits per heavy atom. The van der Waals surface area contributed by atoms with Gasteiger partial charge in [-0.15, -0.1) is 0 Å². The molecule has 0 fully saturated rings. The number of hydrogen-bond acceptors (Lipinski definition) is 15. The first-order valence-electron chi connectivity index (χ1n) is 42.0. The highest BCUT2D eigenvalue weighted by atomic mass is 31.2. The quantitative estimate of drug-likeness (QED) is 0.0222. The van der Waals surface area contributed by atoms with Crippen LogP contribution in [0.1, 0.15) is 427 Å². The fourth-order valence-corrected chi connectivity index (χ4v) is 14.1. The van der Waals surface area contributed by atoms with Crippen molar-refractivity contribution in [2.75, 3.05) is 39.6 Å². The molecule has 0 aromatic rings. The van der Waals surface area contributed by atoms with Crippen molar-refractivity contribution in [3.63, 3.8) is 0 Å². The van der Waals surface area contributed by atoms with Crippen molar-refractivity contribution in [1.29, 1.82) is 0 Å². The molecule has 0 saturated carbocycles. The zero-order chi connectivity index (χ0) is 73.5. The second-order valence-corrected chi connectivity index (χ2v) is 32.8. The molecule has 6 atom stereocenters. The molecule has 3 N–H and O–H groups in total. The SMILES string of the molecule is CCCCCCCCCCCCCCCCCCCCCCCCC(=O)O[C@H](COC(=O)CCCCCCCCCCCCCCCC)COP(=O)(O)OC[C@@H](O)COP(=O)(O)OC[C@@H](COC(=O)CCCCCCCCCCC(C)CC)OC(=O)CCCCCCCCCCCC(C)C. The van der Waals surface area contributed by atoms with Crippen LogP contribution in [0.4, 0.5) is 0 Å². The number of ether oxygens (including phenoxy) is 4. The van der Waals surface area contributed by atoms with Gasteiger partial charge in [0, 0.05) is 25.7 Å². The van der Waals surface area contributed by atoms with Crippen molar-refractivity contribution in [2.45, 2.75) is 445 Å². The van der Waals surface area contributed by atoms with Gasteiger partial charge in [-0.05, 0) is 37.5 Å². The van der Waals surface area contributed by atoms with Crippen LogP contribution < -0.4 is 0 Å². The zero-order valence-electron chi connectivity index (χ0n) is 65.5. The second-order valence-electron chi connectivity index (χ2n) is 29.9. The third-order valence-corrected chi connectivity index (χ3v) is 21.2. The first-order chi connectivity index (χ1) is 48.4. The van der Waals surface area contributed by atoms with Gasteiger partial charge < -0.3 is 33.8 Å². The Labute approximate surface area is 613 Å². The molecular formula is C81H158O17P2. The topological polar surface area (TPSA) is 237 Å². The van der Waals surface area contributed by atoms with E-state index in [4.69, 9.17) is 37.0 Å². The lowest BCUT2D eigenvalue weighted by molar-refractivity contribution is -0.161. The summed E-state index contributed by atoms with van der Waals surface area (Å²) in [6, 6.07) is 0. The van der Waals surface area contributed by atoms with E-state index in [1.54, 1.807) is 0 Å². The van der Waals surface area contributed by atoms with E-state index >= 15 is 0 Å². The van der Waals surface area contributed by atoms with Gasteiger partial charge in [0.2, 0.25) is 0 Å². The standard InChI is InChI=1S/C81H158O17P2/c1-7-10-12-14-16-18-20-22-24-25-26-27-28-29-30-31-33-35-39-47-53-59-65-80(85)97-76(69-91-78(83)63-57-51-45-38-34-32-23-21-19-17-15-13-11-8-2)71-95-99(87,88)93-67-75(82)68-94-100(89,90)96-72-77(98-81(86)66-60-54-48-40-36-37-43-49-55-61-73(4)5)70-92-79(84)64-58-52-46-42-41-44-50-56-62-74(6)9-3/h73-77,82H,7-72H2,1-6H3,(H,87,88)(H,89,90)/t74?,75-,76-,77-/m1/s1. The Morgan fingerprint density at radius 3 is 0.760 bits per heavy atom. The van der Waals surface area contributed by atoms with Gasteiger partial charge >= 0.3 is 39.5 Å². The Hall–Kier alpha value is -1.94. The predicted octanol–water partition coefficient (Wildman–Crippen LogP) is 24.3. The van der Waals surface area contributed by atoms with Crippen LogP contribution >= 0.6 is 15.6 Å². The molecule has 0 saturated heterocycles. The average Bonchev–Trinajstić information content (AvgIpc) is 0.929. The lowest BCUT2D eigenvalue weighted by Gasteiger charge is -2.21. The Morgan fingerprint density at radius 1 is 0.290 bits per heavy atom. The number of hydrogen-bond donors (Lipinski definition) is 3. The molecule has 0 amide bonds. The van der Waals surface area contributed by atoms with Gasteiger partial charge in [-0.1, -0.05) is 375 Å². The van der Waals surface area contributed by atoms with Crippen LogP contribution in [0.3, 0.4) is 0 Å². The Kier molecular flexibility index (Phi) is 71.2. The largest absolute Gasteiger partial charge is 0.472 e. The average molecular weight is 1470 g/mol. The van der Waals surface area contributed by atoms with Crippen LogP contribution in [0.2, 0.25) is 0 Å². The molecule has 0 aliphatic carbocycles. The molecule has 0 heterocycles. The molecule has 19 heteroatoms. The highest BCUT2D eigenvalue weighted by Gasteiger charge is 2.30. The number of carbonyl (C=O) groups is 4. The smallest absolute Gasteiger partial charge is 0.462 e. The second kappa shape index (κ2) is 72.6. The summed E-state index contributed by atoms with van der Waals surface area (Å²) in [6.07, 6.45) is 62.5. The van der Waals surface area contributed by atoms with E-state index in [-0.39, 0.29) is 25.7 Å². The van der Waals surface area contributed by atoms with Crippen molar-refractivity contribution >= 4 is 39.5 Å². The minimum absolute atomic E-state index is 0.105. The fraction of sp³-hybridized carbons (Fsp3) is 0.951. The van der Waals surface area contributed by atoms with Crippen LogP contribution in [0, 0.1) is 11.8 Å². The van der Waals surface area contributed by atoms with Crippen LogP contribution in [0.5, 0.6) is 0 Å². The minimum Gasteiger partial charge on any atom is -0.462 e. The maximum absolute atomic E-state index is 13.1. The van der Waals surface area contributed by atoms with E-state index in [0.717, 1.165) is 102 Å². The van der Waals surface area contributed by atoms with Gasteiger partial charge in [0.1, 0.15) is 19.3 Å². The molecular weight excluding hydrogens is 1310 g/mol. The Bertz CT molecular complexity index is 1930. The summed E-state index contributed by atoms with van der Waals surface area (Å²) in [5, 5.41) is 10.6. The molecule has 0 aliphatic rings. The number of phosphoric acid groups is 2. The predicted molar refractivity (Wildman–Crippen MR) is 409 cm³/mol.